The van der Waals surface area contributed by atoms with E-state index < -0.39 is 18.0 Å². The first-order chi connectivity index (χ1) is 12.8. The van der Waals surface area contributed by atoms with Crippen LogP contribution in [0.3, 0.4) is 0 Å². The van der Waals surface area contributed by atoms with Crippen LogP contribution in [0.25, 0.3) is 0 Å². The molecule has 9 heteroatoms. The normalized spacial score (nSPS) is 11.5. The largest absolute Gasteiger partial charge is 0.352 e. The SMILES string of the molecule is NC(=O)N[C@@H](CC(=O)NCC(=O)c1cc(Cl)ccc1Cl)c1cccc(Br)c1. The van der Waals surface area contributed by atoms with Crippen LogP contribution in [0.5, 0.6) is 0 Å². The van der Waals surface area contributed by atoms with E-state index in [1.807, 2.05) is 6.07 Å². The number of urea groups is 1. The van der Waals surface area contributed by atoms with Crippen LogP contribution in [-0.4, -0.2) is 24.3 Å². The Hall–Kier alpha value is -2.09. The zero-order chi connectivity index (χ0) is 20.0. The summed E-state index contributed by atoms with van der Waals surface area (Å²) in [6.45, 7) is -0.249. The minimum absolute atomic E-state index is 0.0873. The van der Waals surface area contributed by atoms with E-state index >= 15 is 0 Å². The third-order valence-corrected chi connectivity index (χ3v) is 4.69. The minimum Gasteiger partial charge on any atom is -0.352 e. The van der Waals surface area contributed by atoms with Gasteiger partial charge in [-0.2, -0.15) is 0 Å². The summed E-state index contributed by atoms with van der Waals surface area (Å²) in [5, 5.41) is 5.67. The molecule has 0 aliphatic carbocycles. The first-order valence-electron chi connectivity index (χ1n) is 7.82. The summed E-state index contributed by atoms with van der Waals surface area (Å²) in [6, 6.07) is 10.3. The van der Waals surface area contributed by atoms with E-state index in [4.69, 9.17) is 28.9 Å². The standard InChI is InChI=1S/C18H16BrCl2N3O3/c19-11-3-1-2-10(6-11)15(24-18(22)27)8-17(26)23-9-16(25)13-7-12(20)4-5-14(13)21/h1-7,15H,8-9H2,(H,23,26)(H3,22,24,27)/t15-/m0/s1. The molecule has 6 nitrogen and oxygen atoms in total. The van der Waals surface area contributed by atoms with Crippen molar-refractivity contribution in [2.24, 2.45) is 5.73 Å². The molecule has 0 spiro atoms. The first-order valence-corrected chi connectivity index (χ1v) is 9.37. The van der Waals surface area contributed by atoms with E-state index in [2.05, 4.69) is 26.6 Å². The molecule has 0 fully saturated rings. The van der Waals surface area contributed by atoms with Gasteiger partial charge < -0.3 is 16.4 Å². The number of carbonyl (C=O) groups excluding carboxylic acids is 3. The topological polar surface area (TPSA) is 101 Å². The Morgan fingerprint density at radius 3 is 2.52 bits per heavy atom. The van der Waals surface area contributed by atoms with E-state index in [1.165, 1.54) is 12.1 Å². The fourth-order valence-corrected chi connectivity index (χ4v) is 3.20. The molecule has 0 radical (unpaired) electrons. The number of primary amides is 1. The molecule has 4 N–H and O–H groups in total. The lowest BCUT2D eigenvalue weighted by Crippen LogP contribution is -2.37. The quantitative estimate of drug-likeness (QED) is 0.533. The van der Waals surface area contributed by atoms with Crippen LogP contribution in [-0.2, 0) is 4.79 Å². The number of carbonyl (C=O) groups is 3. The molecule has 0 bridgehead atoms. The van der Waals surface area contributed by atoms with Gasteiger partial charge in [-0.05, 0) is 35.9 Å². The molecule has 0 aliphatic heterocycles. The monoisotopic (exact) mass is 471 g/mol. The van der Waals surface area contributed by atoms with Crippen molar-refractivity contribution in [3.8, 4) is 0 Å². The maximum Gasteiger partial charge on any atom is 0.312 e. The maximum absolute atomic E-state index is 12.3. The van der Waals surface area contributed by atoms with Gasteiger partial charge in [0.15, 0.2) is 5.78 Å². The Labute approximate surface area is 174 Å². The lowest BCUT2D eigenvalue weighted by Gasteiger charge is -2.18. The predicted octanol–water partition coefficient (Wildman–Crippen LogP) is 3.85. The zero-order valence-corrected chi connectivity index (χ0v) is 17.1. The van der Waals surface area contributed by atoms with Crippen molar-refractivity contribution in [3.05, 3.63) is 68.1 Å². The second-order valence-electron chi connectivity index (χ2n) is 5.64. The number of nitrogens with two attached hydrogens (primary N) is 1. The first kappa shape index (κ1) is 21.2. The fraction of sp³-hybridized carbons (Fsp3) is 0.167. The van der Waals surface area contributed by atoms with E-state index in [9.17, 15) is 14.4 Å². The highest BCUT2D eigenvalue weighted by atomic mass is 79.9. The summed E-state index contributed by atoms with van der Waals surface area (Å²) < 4.78 is 0.794. The number of ketones is 1. The Kier molecular flexibility index (Phi) is 7.65. The summed E-state index contributed by atoms with van der Waals surface area (Å²) >= 11 is 15.2. The Balaban J connectivity index is 2.02. The van der Waals surface area contributed by atoms with Crippen LogP contribution in [0.4, 0.5) is 4.79 Å². The molecule has 0 unspecified atom stereocenters. The molecule has 0 saturated heterocycles. The van der Waals surface area contributed by atoms with E-state index in [0.29, 0.717) is 10.6 Å². The van der Waals surface area contributed by atoms with Gasteiger partial charge in [0.1, 0.15) is 0 Å². The number of Topliss-reactive ketones (excluding diaryl/α,β-unsaturated/α-hetero) is 1. The number of benzene rings is 2. The molecule has 142 valence electrons. The Bertz CT molecular complexity index is 877. The van der Waals surface area contributed by atoms with E-state index in [1.54, 1.807) is 24.3 Å². The van der Waals surface area contributed by atoms with Crippen LogP contribution >= 0.6 is 39.1 Å². The van der Waals surface area contributed by atoms with Gasteiger partial charge in [0.2, 0.25) is 5.91 Å². The Morgan fingerprint density at radius 1 is 1.11 bits per heavy atom. The van der Waals surface area contributed by atoms with Crippen molar-refractivity contribution < 1.29 is 14.4 Å². The molecule has 27 heavy (non-hydrogen) atoms. The number of hydrogen-bond donors (Lipinski definition) is 3. The van der Waals surface area contributed by atoms with E-state index in [-0.39, 0.29) is 29.3 Å². The molecule has 1 atom stereocenters. The summed E-state index contributed by atoms with van der Waals surface area (Å²) in [5.74, 6) is -0.807. The zero-order valence-electron chi connectivity index (χ0n) is 14.0. The number of halogens is 3. The lowest BCUT2D eigenvalue weighted by atomic mass is 10.0. The number of rotatable bonds is 7. The average molecular weight is 473 g/mol. The molecule has 0 saturated carbocycles. The number of hydrogen-bond acceptors (Lipinski definition) is 3. The van der Waals surface area contributed by atoms with Gasteiger partial charge >= 0.3 is 6.03 Å². The fourth-order valence-electron chi connectivity index (χ4n) is 2.39. The molecule has 3 amide bonds. The van der Waals surface area contributed by atoms with Crippen molar-refractivity contribution in [1.29, 1.82) is 0 Å². The van der Waals surface area contributed by atoms with Crippen LogP contribution in [0.2, 0.25) is 10.0 Å². The second kappa shape index (κ2) is 9.73. The van der Waals surface area contributed by atoms with Gasteiger partial charge in [0, 0.05) is 15.1 Å². The lowest BCUT2D eigenvalue weighted by molar-refractivity contribution is -0.121. The highest BCUT2D eigenvalue weighted by molar-refractivity contribution is 9.10. The average Bonchev–Trinajstić information content (AvgIpc) is 2.60. The molecule has 2 aromatic carbocycles. The maximum atomic E-state index is 12.3. The predicted molar refractivity (Wildman–Crippen MR) is 108 cm³/mol. The highest BCUT2D eigenvalue weighted by Crippen LogP contribution is 2.22. The van der Waals surface area contributed by atoms with Crippen molar-refractivity contribution in [2.75, 3.05) is 6.54 Å². The molecular formula is C18H16BrCl2N3O3. The molecule has 2 rings (SSSR count). The third-order valence-electron chi connectivity index (χ3n) is 3.63. The van der Waals surface area contributed by atoms with Crippen LogP contribution in [0, 0.1) is 0 Å². The van der Waals surface area contributed by atoms with Gasteiger partial charge in [0.25, 0.3) is 0 Å². The summed E-state index contributed by atoms with van der Waals surface area (Å²) in [4.78, 5) is 35.8. The molecule has 0 aliphatic rings. The summed E-state index contributed by atoms with van der Waals surface area (Å²) in [6.07, 6.45) is -0.0873. The number of nitrogens with one attached hydrogen (secondary N) is 2. The van der Waals surface area contributed by atoms with Gasteiger partial charge in [-0.1, -0.05) is 51.3 Å². The van der Waals surface area contributed by atoms with Crippen molar-refractivity contribution in [3.63, 3.8) is 0 Å². The molecule has 2 aromatic rings. The summed E-state index contributed by atoms with van der Waals surface area (Å²) in [5.41, 5.74) is 6.12. The summed E-state index contributed by atoms with van der Waals surface area (Å²) in [7, 11) is 0. The molecule has 0 aromatic heterocycles. The minimum atomic E-state index is -0.755. The van der Waals surface area contributed by atoms with Gasteiger partial charge in [0.05, 0.1) is 24.0 Å². The highest BCUT2D eigenvalue weighted by Gasteiger charge is 2.19. The van der Waals surface area contributed by atoms with Gasteiger partial charge in [-0.15, -0.1) is 0 Å². The Morgan fingerprint density at radius 2 is 1.85 bits per heavy atom. The number of amides is 3. The molecular weight excluding hydrogens is 457 g/mol. The van der Waals surface area contributed by atoms with Crippen molar-refractivity contribution in [1.82, 2.24) is 10.6 Å². The van der Waals surface area contributed by atoms with Gasteiger partial charge in [-0.3, -0.25) is 9.59 Å². The van der Waals surface area contributed by atoms with Crippen LogP contribution in [0.1, 0.15) is 28.4 Å². The van der Waals surface area contributed by atoms with Crippen molar-refractivity contribution >= 4 is 56.9 Å². The second-order valence-corrected chi connectivity index (χ2v) is 7.40. The smallest absolute Gasteiger partial charge is 0.312 e. The van der Waals surface area contributed by atoms with Crippen molar-refractivity contribution in [2.45, 2.75) is 12.5 Å². The molecule has 0 heterocycles. The van der Waals surface area contributed by atoms with Crippen LogP contribution < -0.4 is 16.4 Å². The van der Waals surface area contributed by atoms with Gasteiger partial charge in [-0.25, -0.2) is 4.79 Å². The third kappa shape index (κ3) is 6.53. The van der Waals surface area contributed by atoms with E-state index in [0.717, 1.165) is 4.47 Å². The van der Waals surface area contributed by atoms with Crippen LogP contribution in [0.15, 0.2) is 46.9 Å².